The highest BCUT2D eigenvalue weighted by Gasteiger charge is 2.85. The first kappa shape index (κ1) is 19.6. The summed E-state index contributed by atoms with van der Waals surface area (Å²) in [6, 6.07) is 0. The molecule has 20 heavy (non-hydrogen) atoms. The summed E-state index contributed by atoms with van der Waals surface area (Å²) in [5.74, 6) is -11.7. The topological polar surface area (TPSA) is 27.7 Å². The highest BCUT2D eigenvalue weighted by molar-refractivity contribution is 6.63. The fourth-order valence-corrected chi connectivity index (χ4v) is 3.31. The molecule has 0 N–H and O–H groups in total. The molecule has 0 aliphatic heterocycles. The Balaban J connectivity index is 5.89. The summed E-state index contributed by atoms with van der Waals surface area (Å²) >= 11 is 0. The maximum absolute atomic E-state index is 13.8. The Morgan fingerprint density at radius 2 is 1.25 bits per heavy atom. The Labute approximate surface area is 112 Å². The van der Waals surface area contributed by atoms with Crippen LogP contribution >= 0.6 is 0 Å². The molecule has 0 amide bonds. The van der Waals surface area contributed by atoms with Crippen LogP contribution in [0, 0.1) is 0 Å². The van der Waals surface area contributed by atoms with Gasteiger partial charge in [0, 0.05) is 21.3 Å². The summed E-state index contributed by atoms with van der Waals surface area (Å²) in [6.07, 6.45) is -4.53. The summed E-state index contributed by atoms with van der Waals surface area (Å²) in [5.41, 5.74) is -5.53. The van der Waals surface area contributed by atoms with Crippen LogP contribution in [0.2, 0.25) is 0 Å². The van der Waals surface area contributed by atoms with Crippen molar-refractivity contribution in [2.45, 2.75) is 36.9 Å². The summed E-state index contributed by atoms with van der Waals surface area (Å²) < 4.78 is 107. The molecule has 0 spiro atoms. The molecule has 122 valence electrons. The standard InChI is InChI=1S/C9H15F7O3Si/c1-5-6(10)7(11,12)8(13,14)9(15,16)20(17-2,18-3)19-4/h6H,5H2,1-4H3. The average molecular weight is 332 g/mol. The van der Waals surface area contributed by atoms with Crippen molar-refractivity contribution in [3.05, 3.63) is 0 Å². The lowest BCUT2D eigenvalue weighted by Gasteiger charge is -2.39. The van der Waals surface area contributed by atoms with Crippen LogP contribution in [0.4, 0.5) is 30.7 Å². The van der Waals surface area contributed by atoms with Gasteiger partial charge >= 0.3 is 26.2 Å². The van der Waals surface area contributed by atoms with Crippen LogP contribution in [0.1, 0.15) is 13.3 Å². The van der Waals surface area contributed by atoms with Crippen LogP contribution in [0.5, 0.6) is 0 Å². The number of rotatable bonds is 8. The lowest BCUT2D eigenvalue weighted by molar-refractivity contribution is -0.313. The third kappa shape index (κ3) is 2.55. The van der Waals surface area contributed by atoms with E-state index < -0.39 is 38.8 Å². The van der Waals surface area contributed by atoms with Crippen molar-refractivity contribution in [3.63, 3.8) is 0 Å². The van der Waals surface area contributed by atoms with Crippen LogP contribution in [-0.4, -0.2) is 53.7 Å². The zero-order valence-corrected chi connectivity index (χ0v) is 12.2. The van der Waals surface area contributed by atoms with E-state index in [0.29, 0.717) is 21.3 Å². The van der Waals surface area contributed by atoms with Crippen molar-refractivity contribution >= 4 is 8.80 Å². The van der Waals surface area contributed by atoms with E-state index in [1.165, 1.54) is 0 Å². The SMILES string of the molecule is CCC(F)C(F)(F)C(F)(F)C(F)(F)[Si](OC)(OC)OC. The van der Waals surface area contributed by atoms with Crippen molar-refractivity contribution in [1.82, 2.24) is 0 Å². The van der Waals surface area contributed by atoms with E-state index >= 15 is 0 Å². The largest absolute Gasteiger partial charge is 0.581 e. The minimum Gasteiger partial charge on any atom is -0.373 e. The lowest BCUT2D eigenvalue weighted by Crippen LogP contribution is -2.72. The van der Waals surface area contributed by atoms with Crippen LogP contribution in [-0.2, 0) is 13.3 Å². The Bertz CT molecular complexity index is 314. The van der Waals surface area contributed by atoms with Gasteiger partial charge in [0.15, 0.2) is 6.17 Å². The summed E-state index contributed by atoms with van der Waals surface area (Å²) in [4.78, 5) is 0. The molecule has 0 fully saturated rings. The summed E-state index contributed by atoms with van der Waals surface area (Å²) in [6.45, 7) is 0.820. The Hall–Kier alpha value is -0.393. The van der Waals surface area contributed by atoms with Gasteiger partial charge in [-0.15, -0.1) is 0 Å². The minimum atomic E-state index is -6.05. The van der Waals surface area contributed by atoms with Crippen LogP contribution in [0.3, 0.4) is 0 Å². The van der Waals surface area contributed by atoms with Gasteiger partial charge in [0.2, 0.25) is 0 Å². The molecule has 1 atom stereocenters. The van der Waals surface area contributed by atoms with Gasteiger partial charge in [-0.05, 0) is 6.42 Å². The first-order valence-corrected chi connectivity index (χ1v) is 7.07. The zero-order chi connectivity index (χ0) is 16.4. The molecular weight excluding hydrogens is 317 g/mol. The quantitative estimate of drug-likeness (QED) is 0.505. The fourth-order valence-electron chi connectivity index (χ4n) is 1.49. The van der Waals surface area contributed by atoms with Gasteiger partial charge < -0.3 is 13.3 Å². The van der Waals surface area contributed by atoms with E-state index in [1.807, 2.05) is 0 Å². The van der Waals surface area contributed by atoms with Gasteiger partial charge in [0.1, 0.15) is 0 Å². The first-order valence-electron chi connectivity index (χ1n) is 5.34. The molecule has 1 unspecified atom stereocenters. The summed E-state index contributed by atoms with van der Waals surface area (Å²) in [7, 11) is -3.83. The van der Waals surface area contributed by atoms with Crippen molar-refractivity contribution in [1.29, 1.82) is 0 Å². The molecule has 0 aromatic heterocycles. The number of hydrogen-bond acceptors (Lipinski definition) is 3. The maximum atomic E-state index is 13.8. The van der Waals surface area contributed by atoms with Gasteiger partial charge in [0.05, 0.1) is 0 Å². The molecule has 0 saturated carbocycles. The van der Waals surface area contributed by atoms with Crippen LogP contribution < -0.4 is 0 Å². The molecule has 3 nitrogen and oxygen atoms in total. The molecule has 0 aliphatic rings. The molecular formula is C9H15F7O3Si. The van der Waals surface area contributed by atoms with Crippen LogP contribution in [0.25, 0.3) is 0 Å². The lowest BCUT2D eigenvalue weighted by atomic mass is 10.1. The highest BCUT2D eigenvalue weighted by atomic mass is 28.4. The van der Waals surface area contributed by atoms with Gasteiger partial charge in [-0.3, -0.25) is 0 Å². The smallest absolute Gasteiger partial charge is 0.373 e. The highest BCUT2D eigenvalue weighted by Crippen LogP contribution is 2.52. The monoisotopic (exact) mass is 332 g/mol. The van der Waals surface area contributed by atoms with E-state index in [9.17, 15) is 30.7 Å². The van der Waals surface area contributed by atoms with E-state index in [-0.39, 0.29) is 0 Å². The third-order valence-corrected chi connectivity index (χ3v) is 5.45. The second kappa shape index (κ2) is 6.16. The van der Waals surface area contributed by atoms with E-state index in [2.05, 4.69) is 13.3 Å². The Morgan fingerprint density at radius 3 is 1.50 bits per heavy atom. The predicted molar refractivity (Wildman–Crippen MR) is 56.8 cm³/mol. The second-order valence-electron chi connectivity index (χ2n) is 3.82. The molecule has 0 saturated heterocycles. The Kier molecular flexibility index (Phi) is 6.04. The van der Waals surface area contributed by atoms with Gasteiger partial charge in [-0.2, -0.15) is 26.3 Å². The predicted octanol–water partition coefficient (Wildman–Crippen LogP) is 3.06. The van der Waals surface area contributed by atoms with E-state index in [4.69, 9.17) is 0 Å². The Morgan fingerprint density at radius 1 is 0.900 bits per heavy atom. The van der Waals surface area contributed by atoms with Gasteiger partial charge in [-0.1, -0.05) is 6.92 Å². The second-order valence-corrected chi connectivity index (χ2v) is 6.78. The number of halogens is 7. The first-order chi connectivity index (χ1) is 8.91. The number of alkyl halides is 7. The zero-order valence-electron chi connectivity index (χ0n) is 11.2. The van der Waals surface area contributed by atoms with Crippen molar-refractivity contribution < 1.29 is 44.0 Å². The van der Waals surface area contributed by atoms with E-state index in [1.54, 1.807) is 0 Å². The molecule has 0 radical (unpaired) electrons. The van der Waals surface area contributed by atoms with Crippen molar-refractivity contribution in [2.24, 2.45) is 0 Å². The molecule has 0 aliphatic carbocycles. The number of hydrogen-bond donors (Lipinski definition) is 0. The van der Waals surface area contributed by atoms with Gasteiger partial charge in [-0.25, -0.2) is 4.39 Å². The normalized spacial score (nSPS) is 16.4. The third-order valence-electron chi connectivity index (χ3n) is 2.76. The molecule has 0 rings (SSSR count). The summed E-state index contributed by atoms with van der Waals surface area (Å²) in [5, 5.41) is 0. The average Bonchev–Trinajstić information content (AvgIpc) is 2.39. The minimum absolute atomic E-state index is 0.550. The fraction of sp³-hybridized carbons (Fsp3) is 1.00. The molecule has 0 aromatic rings. The molecule has 0 bridgehead atoms. The van der Waals surface area contributed by atoms with Gasteiger partial charge in [0.25, 0.3) is 0 Å². The van der Waals surface area contributed by atoms with Crippen molar-refractivity contribution in [3.8, 4) is 0 Å². The van der Waals surface area contributed by atoms with E-state index in [0.717, 1.165) is 6.92 Å². The van der Waals surface area contributed by atoms with Crippen LogP contribution in [0.15, 0.2) is 0 Å². The van der Waals surface area contributed by atoms with Crippen molar-refractivity contribution in [2.75, 3.05) is 21.3 Å². The molecule has 11 heteroatoms. The maximum Gasteiger partial charge on any atom is 0.581 e. The molecule has 0 heterocycles. The molecule has 0 aromatic carbocycles.